The number of amides is 2. The van der Waals surface area contributed by atoms with E-state index in [0.29, 0.717) is 28.1 Å². The highest BCUT2D eigenvalue weighted by atomic mass is 16.5. The average molecular weight is 430 g/mol. The summed E-state index contributed by atoms with van der Waals surface area (Å²) in [6.45, 7) is 3.50. The van der Waals surface area contributed by atoms with Crippen molar-refractivity contribution in [1.29, 1.82) is 0 Å². The van der Waals surface area contributed by atoms with Crippen LogP contribution in [0.15, 0.2) is 65.2 Å². The van der Waals surface area contributed by atoms with E-state index in [9.17, 15) is 9.59 Å². The predicted molar refractivity (Wildman–Crippen MR) is 119 cm³/mol. The van der Waals surface area contributed by atoms with Crippen LogP contribution in [0.1, 0.15) is 28.5 Å². The van der Waals surface area contributed by atoms with Crippen LogP contribution in [-0.2, 0) is 11.2 Å². The van der Waals surface area contributed by atoms with E-state index < -0.39 is 11.8 Å². The van der Waals surface area contributed by atoms with E-state index in [4.69, 9.17) is 9.26 Å². The van der Waals surface area contributed by atoms with Crippen molar-refractivity contribution in [2.45, 2.75) is 20.3 Å². The number of para-hydroxylation sites is 1. The summed E-state index contributed by atoms with van der Waals surface area (Å²) in [7, 11) is 0. The fourth-order valence-corrected chi connectivity index (χ4v) is 3.34. The van der Waals surface area contributed by atoms with Crippen molar-refractivity contribution in [3.63, 3.8) is 0 Å². The molecule has 0 radical (unpaired) electrons. The summed E-state index contributed by atoms with van der Waals surface area (Å²) >= 11 is 0. The summed E-state index contributed by atoms with van der Waals surface area (Å²) in [5.41, 5.74) is 8.29. The first-order valence-corrected chi connectivity index (χ1v) is 10.2. The van der Waals surface area contributed by atoms with Crippen molar-refractivity contribution in [2.75, 3.05) is 6.61 Å². The number of hydrogen-bond acceptors (Lipinski definition) is 6. The topological polar surface area (TPSA) is 106 Å². The minimum absolute atomic E-state index is 0.232. The summed E-state index contributed by atoms with van der Waals surface area (Å²) in [4.78, 5) is 29.6. The molecule has 2 heterocycles. The first kappa shape index (κ1) is 21.0. The van der Waals surface area contributed by atoms with Crippen molar-refractivity contribution in [1.82, 2.24) is 21.0 Å². The van der Waals surface area contributed by atoms with Gasteiger partial charge in [-0.3, -0.25) is 20.4 Å². The minimum Gasteiger partial charge on any atom is -0.483 e. The van der Waals surface area contributed by atoms with Gasteiger partial charge in [-0.25, -0.2) is 4.98 Å². The zero-order valence-electron chi connectivity index (χ0n) is 17.7. The molecule has 8 heteroatoms. The molecule has 2 amide bonds. The van der Waals surface area contributed by atoms with Crippen LogP contribution in [0, 0.1) is 6.92 Å². The van der Waals surface area contributed by atoms with E-state index in [2.05, 4.69) is 21.0 Å². The van der Waals surface area contributed by atoms with E-state index in [1.54, 1.807) is 19.1 Å². The van der Waals surface area contributed by atoms with Crippen molar-refractivity contribution < 1.29 is 18.8 Å². The molecule has 0 saturated heterocycles. The standard InChI is InChI=1S/C24H22N4O4/c1-3-16-9-7-8-12-20(16)31-14-21(29)26-27-23(30)18-13-19(17-10-5-4-6-11-17)25-24-22(18)15(2)28-32-24/h4-13H,3,14H2,1-2H3,(H,26,29)(H,27,30). The molecular weight excluding hydrogens is 408 g/mol. The first-order chi connectivity index (χ1) is 15.6. The Morgan fingerprint density at radius 2 is 1.78 bits per heavy atom. The smallest absolute Gasteiger partial charge is 0.276 e. The molecule has 0 aliphatic rings. The zero-order chi connectivity index (χ0) is 22.5. The maximum Gasteiger partial charge on any atom is 0.276 e. The van der Waals surface area contributed by atoms with Gasteiger partial charge in [-0.1, -0.05) is 60.6 Å². The summed E-state index contributed by atoms with van der Waals surface area (Å²) in [6.07, 6.45) is 0.786. The third kappa shape index (κ3) is 4.44. The number of benzene rings is 2. The van der Waals surface area contributed by atoms with Gasteiger partial charge in [0.2, 0.25) is 0 Å². The maximum atomic E-state index is 12.9. The van der Waals surface area contributed by atoms with Gasteiger partial charge in [0.15, 0.2) is 6.61 Å². The van der Waals surface area contributed by atoms with Gasteiger partial charge in [0, 0.05) is 5.56 Å². The fraction of sp³-hybridized carbons (Fsp3) is 0.167. The monoisotopic (exact) mass is 430 g/mol. The quantitative estimate of drug-likeness (QED) is 0.453. The molecule has 0 saturated carbocycles. The molecule has 0 atom stereocenters. The van der Waals surface area contributed by atoms with Crippen LogP contribution in [-0.4, -0.2) is 28.6 Å². The lowest BCUT2D eigenvalue weighted by Gasteiger charge is -2.12. The number of aromatic nitrogens is 2. The van der Waals surface area contributed by atoms with Crippen LogP contribution >= 0.6 is 0 Å². The number of fused-ring (bicyclic) bond motifs is 1. The molecule has 32 heavy (non-hydrogen) atoms. The number of nitrogens with zero attached hydrogens (tertiary/aromatic N) is 2. The van der Waals surface area contributed by atoms with Crippen molar-refractivity contribution in [3.05, 3.63) is 77.5 Å². The average Bonchev–Trinajstić information content (AvgIpc) is 3.22. The zero-order valence-corrected chi connectivity index (χ0v) is 17.7. The summed E-state index contributed by atoms with van der Waals surface area (Å²) < 4.78 is 10.9. The highest BCUT2D eigenvalue weighted by Gasteiger charge is 2.20. The molecule has 0 unspecified atom stereocenters. The van der Waals surface area contributed by atoms with E-state index in [1.807, 2.05) is 55.5 Å². The molecule has 0 bridgehead atoms. The number of carbonyl (C=O) groups is 2. The molecule has 0 fully saturated rings. The van der Waals surface area contributed by atoms with Crippen LogP contribution in [0.2, 0.25) is 0 Å². The molecular formula is C24H22N4O4. The van der Waals surface area contributed by atoms with Crippen LogP contribution < -0.4 is 15.6 Å². The Labute approximate surface area is 184 Å². The third-order valence-corrected chi connectivity index (χ3v) is 4.96. The highest BCUT2D eigenvalue weighted by Crippen LogP contribution is 2.26. The summed E-state index contributed by atoms with van der Waals surface area (Å²) in [5, 5.41) is 4.41. The Kier molecular flexibility index (Phi) is 6.12. The predicted octanol–water partition coefficient (Wildman–Crippen LogP) is 3.60. The second kappa shape index (κ2) is 9.30. The molecule has 162 valence electrons. The van der Waals surface area contributed by atoms with Gasteiger partial charge in [0.05, 0.1) is 22.3 Å². The normalized spacial score (nSPS) is 10.7. The number of aryl methyl sites for hydroxylation is 2. The lowest BCUT2D eigenvalue weighted by atomic mass is 10.1. The third-order valence-electron chi connectivity index (χ3n) is 4.96. The van der Waals surface area contributed by atoms with Gasteiger partial charge in [-0.15, -0.1) is 0 Å². The second-order valence-corrected chi connectivity index (χ2v) is 7.12. The number of rotatable bonds is 6. The molecule has 2 N–H and O–H groups in total. The molecule has 0 aliphatic heterocycles. The number of pyridine rings is 1. The minimum atomic E-state index is -0.511. The van der Waals surface area contributed by atoms with Crippen LogP contribution in [0.5, 0.6) is 5.75 Å². The van der Waals surface area contributed by atoms with Crippen molar-refractivity contribution in [3.8, 4) is 17.0 Å². The van der Waals surface area contributed by atoms with Crippen LogP contribution in [0.3, 0.4) is 0 Å². The van der Waals surface area contributed by atoms with E-state index in [-0.39, 0.29) is 12.3 Å². The summed E-state index contributed by atoms with van der Waals surface area (Å²) in [5.74, 6) is -0.358. The maximum absolute atomic E-state index is 12.9. The Morgan fingerprint density at radius 3 is 2.56 bits per heavy atom. The molecule has 2 aromatic carbocycles. The molecule has 0 spiro atoms. The molecule has 0 aliphatic carbocycles. The number of hydrogen-bond donors (Lipinski definition) is 2. The Hall–Kier alpha value is -4.20. The molecule has 2 aromatic heterocycles. The largest absolute Gasteiger partial charge is 0.483 e. The van der Waals surface area contributed by atoms with Crippen molar-refractivity contribution >= 4 is 22.9 Å². The SMILES string of the molecule is CCc1ccccc1OCC(=O)NNC(=O)c1cc(-c2ccccc2)nc2onc(C)c12. The Morgan fingerprint density at radius 1 is 1.03 bits per heavy atom. The number of carbonyl (C=O) groups excluding carboxylic acids is 2. The second-order valence-electron chi connectivity index (χ2n) is 7.12. The van der Waals surface area contributed by atoms with E-state index >= 15 is 0 Å². The molecule has 8 nitrogen and oxygen atoms in total. The number of nitrogens with one attached hydrogen (secondary N) is 2. The van der Waals surface area contributed by atoms with Gasteiger partial charge in [-0.05, 0) is 31.0 Å². The molecule has 4 aromatic rings. The van der Waals surface area contributed by atoms with Gasteiger partial charge in [0.25, 0.3) is 17.5 Å². The van der Waals surface area contributed by atoms with Gasteiger partial charge in [0.1, 0.15) is 5.75 Å². The van der Waals surface area contributed by atoms with Gasteiger partial charge < -0.3 is 9.26 Å². The van der Waals surface area contributed by atoms with Crippen molar-refractivity contribution in [2.24, 2.45) is 0 Å². The van der Waals surface area contributed by atoms with Crippen LogP contribution in [0.25, 0.3) is 22.4 Å². The summed E-state index contributed by atoms with van der Waals surface area (Å²) in [6, 6.07) is 18.6. The number of hydrazine groups is 1. The Balaban J connectivity index is 1.48. The van der Waals surface area contributed by atoms with Gasteiger partial charge in [-0.2, -0.15) is 0 Å². The van der Waals surface area contributed by atoms with Crippen LogP contribution in [0.4, 0.5) is 0 Å². The van der Waals surface area contributed by atoms with E-state index in [1.165, 1.54) is 0 Å². The van der Waals surface area contributed by atoms with E-state index in [0.717, 1.165) is 17.5 Å². The number of ether oxygens (including phenoxy) is 1. The fourth-order valence-electron chi connectivity index (χ4n) is 3.34. The van der Waals surface area contributed by atoms with Gasteiger partial charge >= 0.3 is 0 Å². The first-order valence-electron chi connectivity index (χ1n) is 10.2. The molecule has 4 rings (SSSR count). The highest BCUT2D eigenvalue weighted by molar-refractivity contribution is 6.07. The Bertz CT molecular complexity index is 1270. The lowest BCUT2D eigenvalue weighted by Crippen LogP contribution is -2.44. The lowest BCUT2D eigenvalue weighted by molar-refractivity contribution is -0.123.